The molecule has 6 nitrogen and oxygen atoms in total. The summed E-state index contributed by atoms with van der Waals surface area (Å²) in [6, 6.07) is 5.69. The minimum Gasteiger partial charge on any atom is -0.487 e. The number of halogens is 2. The average Bonchev–Trinajstić information content (AvgIpc) is 2.44. The van der Waals surface area contributed by atoms with E-state index in [0.29, 0.717) is 22.1 Å². The van der Waals surface area contributed by atoms with Gasteiger partial charge in [-0.3, -0.25) is 0 Å². The first-order valence-corrected chi connectivity index (χ1v) is 9.60. The molecule has 1 aliphatic heterocycles. The number of rotatable bonds is 4. The largest absolute Gasteiger partial charge is 0.487 e. The maximum Gasteiger partial charge on any atom is 0.339 e. The van der Waals surface area contributed by atoms with Crippen molar-refractivity contribution in [2.45, 2.75) is 24.8 Å². The summed E-state index contributed by atoms with van der Waals surface area (Å²) in [5.41, 5.74) is 0.117. The molecule has 0 spiro atoms. The standard InChI is InChI=1S/C16H15Cl2NO5S/c1-9-3-15(14(18)6-13(9)17)25(21,22)19-7-12(8-19)24-11-4-10(2)23-16(20)5-11/h3-6,12H,7-8H2,1-2H3. The van der Waals surface area contributed by atoms with Gasteiger partial charge in [-0.2, -0.15) is 4.31 Å². The van der Waals surface area contributed by atoms with Crippen LogP contribution in [0.5, 0.6) is 5.75 Å². The lowest BCUT2D eigenvalue weighted by molar-refractivity contribution is 0.0754. The van der Waals surface area contributed by atoms with Crippen LogP contribution in [0.1, 0.15) is 11.3 Å². The van der Waals surface area contributed by atoms with Gasteiger partial charge in [0.1, 0.15) is 22.5 Å². The van der Waals surface area contributed by atoms with Gasteiger partial charge < -0.3 is 9.15 Å². The summed E-state index contributed by atoms with van der Waals surface area (Å²) in [5.74, 6) is 0.783. The van der Waals surface area contributed by atoms with E-state index in [1.165, 1.54) is 22.5 Å². The SMILES string of the molecule is Cc1cc(OC2CN(S(=O)(=O)c3cc(C)c(Cl)cc3Cl)C2)cc(=O)o1. The van der Waals surface area contributed by atoms with E-state index in [-0.39, 0.29) is 29.1 Å². The molecule has 0 bridgehead atoms. The van der Waals surface area contributed by atoms with Gasteiger partial charge in [0.05, 0.1) is 24.2 Å². The molecule has 0 radical (unpaired) electrons. The number of hydrogen-bond acceptors (Lipinski definition) is 5. The Morgan fingerprint density at radius 1 is 1.12 bits per heavy atom. The zero-order valence-corrected chi connectivity index (χ0v) is 15.8. The van der Waals surface area contributed by atoms with Gasteiger partial charge in [0.15, 0.2) is 0 Å². The highest BCUT2D eigenvalue weighted by atomic mass is 35.5. The second-order valence-electron chi connectivity index (χ2n) is 5.82. The quantitative estimate of drug-likeness (QED) is 0.783. The average molecular weight is 404 g/mol. The Hall–Kier alpha value is -1.54. The summed E-state index contributed by atoms with van der Waals surface area (Å²) < 4.78 is 37.1. The minimum absolute atomic E-state index is 0.0192. The number of sulfonamides is 1. The highest BCUT2D eigenvalue weighted by molar-refractivity contribution is 7.89. The van der Waals surface area contributed by atoms with E-state index in [0.717, 1.165) is 0 Å². The van der Waals surface area contributed by atoms with Gasteiger partial charge >= 0.3 is 5.63 Å². The lowest BCUT2D eigenvalue weighted by Crippen LogP contribution is -2.56. The molecule has 2 heterocycles. The maximum absolute atomic E-state index is 12.7. The summed E-state index contributed by atoms with van der Waals surface area (Å²) in [6.45, 7) is 3.68. The summed E-state index contributed by atoms with van der Waals surface area (Å²) in [6.07, 6.45) is -0.344. The van der Waals surface area contributed by atoms with Gasteiger partial charge in [-0.15, -0.1) is 0 Å². The van der Waals surface area contributed by atoms with Crippen molar-refractivity contribution in [3.05, 3.63) is 56.1 Å². The van der Waals surface area contributed by atoms with Gasteiger partial charge in [0, 0.05) is 11.1 Å². The van der Waals surface area contributed by atoms with Crippen molar-refractivity contribution in [2.24, 2.45) is 0 Å². The Bertz CT molecular complexity index is 981. The molecule has 0 atom stereocenters. The van der Waals surface area contributed by atoms with Crippen LogP contribution in [0.4, 0.5) is 0 Å². The van der Waals surface area contributed by atoms with Crippen LogP contribution in [0.2, 0.25) is 10.0 Å². The van der Waals surface area contributed by atoms with Gasteiger partial charge in [-0.1, -0.05) is 23.2 Å². The first-order chi connectivity index (χ1) is 11.7. The molecule has 25 heavy (non-hydrogen) atoms. The molecule has 1 aromatic heterocycles. The highest BCUT2D eigenvalue weighted by Crippen LogP contribution is 2.32. The molecular formula is C16H15Cl2NO5S. The van der Waals surface area contributed by atoms with Crippen molar-refractivity contribution in [3.8, 4) is 5.75 Å². The van der Waals surface area contributed by atoms with Crippen LogP contribution in [-0.2, 0) is 10.0 Å². The Morgan fingerprint density at radius 2 is 1.80 bits per heavy atom. The Labute approximate surface area is 155 Å². The summed E-state index contributed by atoms with van der Waals surface area (Å²) >= 11 is 12.0. The van der Waals surface area contributed by atoms with Crippen LogP contribution < -0.4 is 10.4 Å². The van der Waals surface area contributed by atoms with Crippen LogP contribution in [0.15, 0.2) is 38.4 Å². The van der Waals surface area contributed by atoms with Crippen LogP contribution >= 0.6 is 23.2 Å². The summed E-state index contributed by atoms with van der Waals surface area (Å²) in [7, 11) is -3.73. The number of ether oxygens (including phenoxy) is 1. The molecule has 9 heteroatoms. The number of benzene rings is 1. The fraction of sp³-hybridized carbons (Fsp3) is 0.312. The molecule has 0 saturated carbocycles. The smallest absolute Gasteiger partial charge is 0.339 e. The second kappa shape index (κ2) is 6.64. The van der Waals surface area contributed by atoms with E-state index in [9.17, 15) is 13.2 Å². The van der Waals surface area contributed by atoms with Crippen molar-refractivity contribution >= 4 is 33.2 Å². The van der Waals surface area contributed by atoms with E-state index < -0.39 is 15.6 Å². The van der Waals surface area contributed by atoms with Crippen LogP contribution in [0.25, 0.3) is 0 Å². The molecule has 3 rings (SSSR count). The molecule has 1 fully saturated rings. The highest BCUT2D eigenvalue weighted by Gasteiger charge is 2.39. The predicted octanol–water partition coefficient (Wildman–Crippen LogP) is 3.02. The molecule has 1 aromatic carbocycles. The zero-order valence-electron chi connectivity index (χ0n) is 13.5. The van der Waals surface area contributed by atoms with Crippen molar-refractivity contribution in [1.29, 1.82) is 0 Å². The van der Waals surface area contributed by atoms with E-state index >= 15 is 0 Å². The van der Waals surface area contributed by atoms with Gasteiger partial charge in [-0.05, 0) is 31.5 Å². The Balaban J connectivity index is 1.73. The minimum atomic E-state index is -3.73. The van der Waals surface area contributed by atoms with Crippen molar-refractivity contribution in [3.63, 3.8) is 0 Å². The third kappa shape index (κ3) is 3.69. The molecule has 0 N–H and O–H groups in total. The third-order valence-electron chi connectivity index (χ3n) is 3.82. The van der Waals surface area contributed by atoms with Crippen LogP contribution in [0.3, 0.4) is 0 Å². The van der Waals surface area contributed by atoms with Gasteiger partial charge in [0.25, 0.3) is 0 Å². The third-order valence-corrected chi connectivity index (χ3v) is 6.52. The van der Waals surface area contributed by atoms with Crippen LogP contribution in [0, 0.1) is 13.8 Å². The van der Waals surface area contributed by atoms with Gasteiger partial charge in [-0.25, -0.2) is 13.2 Å². The fourth-order valence-electron chi connectivity index (χ4n) is 2.48. The van der Waals surface area contributed by atoms with Crippen molar-refractivity contribution in [2.75, 3.05) is 13.1 Å². The zero-order chi connectivity index (χ0) is 18.4. The van der Waals surface area contributed by atoms with Crippen LogP contribution in [-0.4, -0.2) is 31.9 Å². The Morgan fingerprint density at radius 3 is 2.44 bits per heavy atom. The van der Waals surface area contributed by atoms with Gasteiger partial charge in [0.2, 0.25) is 10.0 Å². The lowest BCUT2D eigenvalue weighted by Gasteiger charge is -2.37. The monoisotopic (exact) mass is 403 g/mol. The number of aryl methyl sites for hydroxylation is 2. The van der Waals surface area contributed by atoms with E-state index in [1.807, 2.05) is 0 Å². The van der Waals surface area contributed by atoms with E-state index in [4.69, 9.17) is 32.4 Å². The molecule has 1 saturated heterocycles. The molecule has 2 aromatic rings. The normalized spacial score (nSPS) is 15.8. The molecule has 0 aliphatic carbocycles. The topological polar surface area (TPSA) is 76.8 Å². The van der Waals surface area contributed by atoms with Crippen molar-refractivity contribution in [1.82, 2.24) is 4.31 Å². The second-order valence-corrected chi connectivity index (χ2v) is 8.54. The molecule has 0 amide bonds. The summed E-state index contributed by atoms with van der Waals surface area (Å²) in [5, 5.41) is 0.489. The molecule has 1 aliphatic rings. The van der Waals surface area contributed by atoms with E-state index in [2.05, 4.69) is 0 Å². The Kier molecular flexibility index (Phi) is 4.85. The fourth-order valence-corrected chi connectivity index (χ4v) is 4.79. The lowest BCUT2D eigenvalue weighted by atomic mass is 10.2. The molecule has 134 valence electrons. The maximum atomic E-state index is 12.7. The first-order valence-electron chi connectivity index (χ1n) is 7.41. The number of hydrogen-bond donors (Lipinski definition) is 0. The molecular weight excluding hydrogens is 389 g/mol. The van der Waals surface area contributed by atoms with E-state index in [1.54, 1.807) is 19.9 Å². The number of nitrogens with zero attached hydrogens (tertiary/aromatic N) is 1. The molecule has 0 unspecified atom stereocenters. The first kappa shape index (κ1) is 18.3. The van der Waals surface area contributed by atoms with Crippen molar-refractivity contribution < 1.29 is 17.6 Å². The summed E-state index contributed by atoms with van der Waals surface area (Å²) in [4.78, 5) is 11.3. The predicted molar refractivity (Wildman–Crippen MR) is 94.1 cm³/mol.